The Labute approximate surface area is 120 Å². The number of likely N-dealkylation sites (tertiary alicyclic amines) is 1. The molecule has 3 heterocycles. The van der Waals surface area contributed by atoms with Crippen molar-refractivity contribution in [1.82, 2.24) is 9.27 Å². The summed E-state index contributed by atoms with van der Waals surface area (Å²) in [6.07, 6.45) is 1.23. The lowest BCUT2D eigenvalue weighted by molar-refractivity contribution is 0.0694. The highest BCUT2D eigenvalue weighted by molar-refractivity contribution is 7.13. The van der Waals surface area contributed by atoms with E-state index in [1.165, 1.54) is 23.6 Å². The second-order valence-electron chi connectivity index (χ2n) is 5.65. The van der Waals surface area contributed by atoms with E-state index in [9.17, 15) is 4.79 Å². The van der Waals surface area contributed by atoms with Gasteiger partial charge in [-0.3, -0.25) is 4.90 Å². The van der Waals surface area contributed by atoms with Gasteiger partial charge in [0.1, 0.15) is 0 Å². The van der Waals surface area contributed by atoms with Gasteiger partial charge in [0, 0.05) is 36.2 Å². The molecule has 0 spiro atoms. The second-order valence-corrected chi connectivity index (χ2v) is 6.46. The van der Waals surface area contributed by atoms with Crippen LogP contribution in [0.3, 0.4) is 0 Å². The van der Waals surface area contributed by atoms with Crippen molar-refractivity contribution in [2.75, 3.05) is 25.0 Å². The molecule has 104 valence electrons. The zero-order chi connectivity index (χ0) is 13.9. The number of rotatable bonds is 2. The van der Waals surface area contributed by atoms with Crippen LogP contribution in [-0.4, -0.2) is 52.6 Å². The first kappa shape index (κ1) is 12.1. The third-order valence-corrected chi connectivity index (χ3v) is 5.31. The minimum atomic E-state index is -0.953. The molecule has 2 bridgehead atoms. The monoisotopic (exact) mass is 289 g/mol. The lowest BCUT2D eigenvalue weighted by Gasteiger charge is -2.33. The highest BCUT2D eigenvalue weighted by atomic mass is 32.1. The third kappa shape index (κ3) is 1.65. The van der Waals surface area contributed by atoms with Gasteiger partial charge in [0.2, 0.25) is 0 Å². The summed E-state index contributed by atoms with van der Waals surface area (Å²) in [6.45, 7) is 2.18. The van der Waals surface area contributed by atoms with Crippen LogP contribution >= 0.6 is 11.5 Å². The topological polar surface area (TPSA) is 56.7 Å². The Morgan fingerprint density at radius 3 is 2.90 bits per heavy atom. The third-order valence-electron chi connectivity index (χ3n) is 4.50. The number of aromatic nitrogens is 1. The Balaban J connectivity index is 1.70. The molecule has 0 unspecified atom stereocenters. The summed E-state index contributed by atoms with van der Waals surface area (Å²) in [4.78, 5) is 16.0. The molecule has 20 heavy (non-hydrogen) atoms. The number of fused-ring (bicyclic) bond motifs is 3. The van der Waals surface area contributed by atoms with E-state index in [0.29, 0.717) is 12.1 Å². The Kier molecular flexibility index (Phi) is 2.52. The van der Waals surface area contributed by atoms with Crippen LogP contribution in [-0.2, 0) is 0 Å². The SMILES string of the molecule is CN1C[C@H]2C[C@@H]1CN2c1ccc2c(C(=O)O)nsc2c1. The molecule has 0 saturated carbocycles. The lowest BCUT2D eigenvalue weighted by Crippen LogP contribution is -2.44. The van der Waals surface area contributed by atoms with Crippen molar-refractivity contribution in [3.05, 3.63) is 23.9 Å². The van der Waals surface area contributed by atoms with E-state index in [4.69, 9.17) is 5.11 Å². The first-order chi connectivity index (χ1) is 9.63. The van der Waals surface area contributed by atoms with Crippen molar-refractivity contribution in [2.45, 2.75) is 18.5 Å². The summed E-state index contributed by atoms with van der Waals surface area (Å²) in [5.41, 5.74) is 1.36. The van der Waals surface area contributed by atoms with Crippen molar-refractivity contribution in [2.24, 2.45) is 0 Å². The van der Waals surface area contributed by atoms with Gasteiger partial charge in [-0.2, -0.15) is 4.37 Å². The quantitative estimate of drug-likeness (QED) is 0.915. The summed E-state index contributed by atoms with van der Waals surface area (Å²) in [5, 5.41) is 9.84. The predicted molar refractivity (Wildman–Crippen MR) is 78.7 cm³/mol. The number of carboxylic acids is 1. The minimum Gasteiger partial charge on any atom is -0.476 e. The van der Waals surface area contributed by atoms with E-state index in [-0.39, 0.29) is 5.69 Å². The molecule has 0 amide bonds. The molecule has 2 saturated heterocycles. The Morgan fingerprint density at radius 1 is 1.40 bits per heavy atom. The average Bonchev–Trinajstić information content (AvgIpc) is 3.09. The highest BCUT2D eigenvalue weighted by Gasteiger charge is 2.41. The second kappa shape index (κ2) is 4.17. The van der Waals surface area contributed by atoms with Gasteiger partial charge in [-0.05, 0) is 43.2 Å². The fraction of sp³-hybridized carbons (Fsp3) is 0.429. The summed E-state index contributed by atoms with van der Waals surface area (Å²) < 4.78 is 4.99. The molecular formula is C14H15N3O2S. The van der Waals surface area contributed by atoms with Crippen molar-refractivity contribution >= 4 is 33.3 Å². The van der Waals surface area contributed by atoms with E-state index in [0.717, 1.165) is 23.2 Å². The van der Waals surface area contributed by atoms with Crippen molar-refractivity contribution in [3.63, 3.8) is 0 Å². The van der Waals surface area contributed by atoms with E-state index >= 15 is 0 Å². The summed E-state index contributed by atoms with van der Waals surface area (Å²) in [6, 6.07) is 7.26. The summed E-state index contributed by atoms with van der Waals surface area (Å²) >= 11 is 1.27. The number of nitrogens with zero attached hydrogens (tertiary/aromatic N) is 3. The average molecular weight is 289 g/mol. The molecule has 1 N–H and O–H groups in total. The smallest absolute Gasteiger partial charge is 0.356 e. The highest BCUT2D eigenvalue weighted by Crippen LogP contribution is 2.36. The molecule has 2 aliphatic heterocycles. The van der Waals surface area contributed by atoms with Crippen molar-refractivity contribution in [3.8, 4) is 0 Å². The van der Waals surface area contributed by atoms with Gasteiger partial charge in [-0.15, -0.1) is 0 Å². The number of likely N-dealkylation sites (N-methyl/N-ethyl adjacent to an activating group) is 1. The fourth-order valence-electron chi connectivity index (χ4n) is 3.44. The Bertz CT molecular complexity index is 697. The van der Waals surface area contributed by atoms with Gasteiger partial charge in [-0.25, -0.2) is 4.79 Å². The van der Waals surface area contributed by atoms with Crippen molar-refractivity contribution in [1.29, 1.82) is 0 Å². The molecule has 2 atom stereocenters. The van der Waals surface area contributed by atoms with Gasteiger partial charge >= 0.3 is 5.97 Å². The van der Waals surface area contributed by atoms with Gasteiger partial charge < -0.3 is 10.0 Å². The number of hydrogen-bond acceptors (Lipinski definition) is 5. The first-order valence-electron chi connectivity index (χ1n) is 6.73. The summed E-state index contributed by atoms with van der Waals surface area (Å²) in [5.74, 6) is -0.953. The van der Waals surface area contributed by atoms with E-state index in [1.54, 1.807) is 0 Å². The lowest BCUT2D eigenvalue weighted by atomic mass is 10.1. The zero-order valence-electron chi connectivity index (χ0n) is 11.1. The van der Waals surface area contributed by atoms with Crippen LogP contribution in [0.2, 0.25) is 0 Å². The molecule has 0 radical (unpaired) electrons. The van der Waals surface area contributed by atoms with E-state index in [1.807, 2.05) is 12.1 Å². The summed E-state index contributed by atoms with van der Waals surface area (Å²) in [7, 11) is 2.19. The van der Waals surface area contributed by atoms with E-state index in [2.05, 4.69) is 27.3 Å². The Hall–Kier alpha value is -1.66. The van der Waals surface area contributed by atoms with Crippen LogP contribution in [0.5, 0.6) is 0 Å². The molecular weight excluding hydrogens is 274 g/mol. The molecule has 5 nitrogen and oxygen atoms in total. The molecule has 6 heteroatoms. The van der Waals surface area contributed by atoms with Crippen LogP contribution < -0.4 is 4.90 Å². The molecule has 4 rings (SSSR count). The number of aromatic carboxylic acids is 1. The molecule has 2 aromatic rings. The number of benzene rings is 1. The van der Waals surface area contributed by atoms with Gasteiger partial charge in [-0.1, -0.05) is 0 Å². The van der Waals surface area contributed by atoms with Crippen LogP contribution in [0.25, 0.3) is 10.1 Å². The maximum Gasteiger partial charge on any atom is 0.356 e. The van der Waals surface area contributed by atoms with E-state index < -0.39 is 5.97 Å². The Morgan fingerprint density at radius 2 is 2.25 bits per heavy atom. The van der Waals surface area contributed by atoms with Crippen molar-refractivity contribution < 1.29 is 9.90 Å². The zero-order valence-corrected chi connectivity index (χ0v) is 11.9. The fourth-order valence-corrected chi connectivity index (χ4v) is 4.24. The molecule has 1 aromatic heterocycles. The van der Waals surface area contributed by atoms with Crippen LogP contribution in [0.4, 0.5) is 5.69 Å². The molecule has 2 aliphatic rings. The molecule has 0 aliphatic carbocycles. The number of carbonyl (C=O) groups is 1. The van der Waals surface area contributed by atoms with Crippen LogP contribution in [0.15, 0.2) is 18.2 Å². The molecule has 2 fully saturated rings. The number of carboxylic acid groups (broad SMARTS) is 1. The number of anilines is 1. The van der Waals surface area contributed by atoms with Gasteiger partial charge in [0.05, 0.1) is 4.70 Å². The number of hydrogen-bond donors (Lipinski definition) is 1. The van der Waals surface area contributed by atoms with Gasteiger partial charge in [0.15, 0.2) is 5.69 Å². The standard InChI is InChI=1S/C14H15N3O2S/c1-16-6-10-4-9(16)7-17(10)8-2-3-11-12(5-8)20-15-13(11)14(18)19/h2-3,5,9-10H,4,6-7H2,1H3,(H,18,19)/t9-,10-/m1/s1. The number of piperazine rings is 1. The minimum absolute atomic E-state index is 0.166. The maximum absolute atomic E-state index is 11.1. The van der Waals surface area contributed by atoms with Crippen LogP contribution in [0, 0.1) is 0 Å². The predicted octanol–water partition coefficient (Wildman–Crippen LogP) is 1.89. The maximum atomic E-state index is 11.1. The first-order valence-corrected chi connectivity index (χ1v) is 7.50. The van der Waals surface area contributed by atoms with Gasteiger partial charge in [0.25, 0.3) is 0 Å². The van der Waals surface area contributed by atoms with Crippen LogP contribution in [0.1, 0.15) is 16.9 Å². The largest absolute Gasteiger partial charge is 0.476 e. The molecule has 1 aromatic carbocycles. The normalized spacial score (nSPS) is 25.8.